The van der Waals surface area contributed by atoms with Crippen LogP contribution in [0.5, 0.6) is 0 Å². The van der Waals surface area contributed by atoms with E-state index in [1.165, 1.54) is 12.4 Å². The Labute approximate surface area is 91.3 Å². The van der Waals surface area contributed by atoms with Crippen LogP contribution in [0.1, 0.15) is 12.6 Å². The molecule has 0 aromatic carbocycles. The Kier molecular flexibility index (Phi) is 4.50. The number of rotatable bonds is 6. The molecular weight excluding hydrogens is 216 g/mol. The van der Waals surface area contributed by atoms with Crippen LogP contribution >= 0.6 is 0 Å². The maximum Gasteiger partial charge on any atom is 0.151 e. The first kappa shape index (κ1) is 12.7. The Morgan fingerprint density at radius 1 is 1.31 bits per heavy atom. The SMILES string of the molecule is N=C[C@@H](O)[C@@H](O)[C@@H](O)CC(O)n1ccnn1. The number of aliphatic hydroxyl groups excluding tert-OH is 4. The fourth-order valence-electron chi connectivity index (χ4n) is 1.17. The summed E-state index contributed by atoms with van der Waals surface area (Å²) < 4.78 is 1.10. The molecule has 8 nitrogen and oxygen atoms in total. The maximum absolute atomic E-state index is 9.53. The first-order valence-electron chi connectivity index (χ1n) is 4.65. The van der Waals surface area contributed by atoms with Gasteiger partial charge in [-0.1, -0.05) is 5.21 Å². The normalized spacial score (nSPS) is 18.8. The van der Waals surface area contributed by atoms with Gasteiger partial charge in [-0.2, -0.15) is 0 Å². The predicted molar refractivity (Wildman–Crippen MR) is 52.7 cm³/mol. The molecule has 0 saturated heterocycles. The molecule has 8 heteroatoms. The smallest absolute Gasteiger partial charge is 0.151 e. The summed E-state index contributed by atoms with van der Waals surface area (Å²) in [5.41, 5.74) is 0. The Morgan fingerprint density at radius 2 is 2.00 bits per heavy atom. The monoisotopic (exact) mass is 230 g/mol. The van der Waals surface area contributed by atoms with Gasteiger partial charge in [-0.15, -0.1) is 5.10 Å². The molecule has 1 aromatic heterocycles. The zero-order valence-electron chi connectivity index (χ0n) is 8.38. The Bertz CT molecular complexity index is 318. The minimum Gasteiger partial charge on any atom is -0.390 e. The van der Waals surface area contributed by atoms with Gasteiger partial charge in [-0.05, 0) is 0 Å². The average molecular weight is 230 g/mol. The molecule has 1 rings (SSSR count). The van der Waals surface area contributed by atoms with Gasteiger partial charge in [0, 0.05) is 18.8 Å². The highest BCUT2D eigenvalue weighted by molar-refractivity contribution is 5.59. The molecule has 5 N–H and O–H groups in total. The maximum atomic E-state index is 9.53. The first-order chi connectivity index (χ1) is 7.56. The molecule has 1 aromatic rings. The highest BCUT2D eigenvalue weighted by Crippen LogP contribution is 2.12. The topological polar surface area (TPSA) is 135 Å². The van der Waals surface area contributed by atoms with E-state index in [0.717, 1.165) is 4.68 Å². The van der Waals surface area contributed by atoms with E-state index in [9.17, 15) is 15.3 Å². The summed E-state index contributed by atoms with van der Waals surface area (Å²) in [4.78, 5) is 0. The van der Waals surface area contributed by atoms with Gasteiger partial charge < -0.3 is 25.8 Å². The van der Waals surface area contributed by atoms with Crippen LogP contribution in [0.15, 0.2) is 12.4 Å². The van der Waals surface area contributed by atoms with Crippen molar-refractivity contribution in [3.8, 4) is 0 Å². The average Bonchev–Trinajstić information content (AvgIpc) is 2.80. The summed E-state index contributed by atoms with van der Waals surface area (Å²) in [6, 6.07) is 0. The molecule has 0 fully saturated rings. The van der Waals surface area contributed by atoms with E-state index in [-0.39, 0.29) is 6.42 Å². The van der Waals surface area contributed by atoms with Crippen LogP contribution in [0.2, 0.25) is 0 Å². The van der Waals surface area contributed by atoms with Crippen molar-refractivity contribution >= 4 is 6.21 Å². The first-order valence-corrected chi connectivity index (χ1v) is 4.65. The van der Waals surface area contributed by atoms with Gasteiger partial charge in [0.2, 0.25) is 0 Å². The Hall–Kier alpha value is -1.35. The van der Waals surface area contributed by atoms with E-state index in [0.29, 0.717) is 6.21 Å². The highest BCUT2D eigenvalue weighted by atomic mass is 16.4. The van der Waals surface area contributed by atoms with Gasteiger partial charge in [0.25, 0.3) is 0 Å². The number of nitrogens with zero attached hydrogens (tertiary/aromatic N) is 3. The number of aromatic nitrogens is 3. The third-order valence-electron chi connectivity index (χ3n) is 2.11. The van der Waals surface area contributed by atoms with Crippen LogP contribution in [0.25, 0.3) is 0 Å². The lowest BCUT2D eigenvalue weighted by Crippen LogP contribution is -2.39. The van der Waals surface area contributed by atoms with Crippen molar-refractivity contribution in [1.82, 2.24) is 15.0 Å². The fourth-order valence-corrected chi connectivity index (χ4v) is 1.17. The Balaban J connectivity index is 2.51. The van der Waals surface area contributed by atoms with Crippen molar-refractivity contribution < 1.29 is 20.4 Å². The largest absolute Gasteiger partial charge is 0.390 e. The van der Waals surface area contributed by atoms with Crippen molar-refractivity contribution in [2.45, 2.75) is 31.0 Å². The van der Waals surface area contributed by atoms with Gasteiger partial charge in [-0.25, -0.2) is 4.68 Å². The van der Waals surface area contributed by atoms with E-state index in [2.05, 4.69) is 10.3 Å². The lowest BCUT2D eigenvalue weighted by atomic mass is 10.1. The van der Waals surface area contributed by atoms with Crippen LogP contribution in [-0.2, 0) is 0 Å². The van der Waals surface area contributed by atoms with Crippen LogP contribution in [0.4, 0.5) is 0 Å². The summed E-state index contributed by atoms with van der Waals surface area (Å²) in [6.07, 6.45) is -2.35. The molecule has 0 aliphatic rings. The van der Waals surface area contributed by atoms with Crippen LogP contribution < -0.4 is 0 Å². The number of hydrogen-bond acceptors (Lipinski definition) is 7. The zero-order chi connectivity index (χ0) is 12.1. The van der Waals surface area contributed by atoms with Crippen LogP contribution in [0, 0.1) is 5.41 Å². The quantitative estimate of drug-likeness (QED) is 0.355. The lowest BCUT2D eigenvalue weighted by Gasteiger charge is -2.22. The second kappa shape index (κ2) is 5.66. The Morgan fingerprint density at radius 3 is 2.50 bits per heavy atom. The van der Waals surface area contributed by atoms with Gasteiger partial charge >= 0.3 is 0 Å². The van der Waals surface area contributed by atoms with Gasteiger partial charge in [0.15, 0.2) is 6.23 Å². The second-order valence-electron chi connectivity index (χ2n) is 3.31. The summed E-state index contributed by atoms with van der Waals surface area (Å²) in [5, 5.41) is 51.1. The molecule has 0 aliphatic carbocycles. The van der Waals surface area contributed by atoms with Crippen molar-refractivity contribution in [2.75, 3.05) is 0 Å². The molecule has 4 atom stereocenters. The van der Waals surface area contributed by atoms with E-state index in [4.69, 9.17) is 10.5 Å². The van der Waals surface area contributed by atoms with E-state index < -0.39 is 24.5 Å². The summed E-state index contributed by atoms with van der Waals surface area (Å²) in [5.74, 6) is 0. The third kappa shape index (κ3) is 3.07. The molecule has 0 amide bonds. The standard InChI is InChI=1S/C8H14N4O4/c9-4-6(14)8(16)5(13)3-7(15)12-2-1-10-11-12/h1-2,4-9,13-16H,3H2/t5-,6+,7?,8-/m0/s1. The molecule has 90 valence electrons. The zero-order valence-corrected chi connectivity index (χ0v) is 8.38. The number of nitrogens with one attached hydrogen (secondary N) is 1. The van der Waals surface area contributed by atoms with Crippen molar-refractivity contribution in [2.24, 2.45) is 0 Å². The van der Waals surface area contributed by atoms with Gasteiger partial charge in [0.1, 0.15) is 12.2 Å². The molecule has 16 heavy (non-hydrogen) atoms. The van der Waals surface area contributed by atoms with E-state index in [1.54, 1.807) is 0 Å². The summed E-state index contributed by atoms with van der Waals surface area (Å²) >= 11 is 0. The molecule has 1 unspecified atom stereocenters. The highest BCUT2D eigenvalue weighted by Gasteiger charge is 2.26. The minimum atomic E-state index is -1.52. The van der Waals surface area contributed by atoms with Gasteiger partial charge in [-0.3, -0.25) is 0 Å². The molecule has 0 radical (unpaired) electrons. The van der Waals surface area contributed by atoms with Crippen molar-refractivity contribution in [1.29, 1.82) is 5.41 Å². The summed E-state index contributed by atoms with van der Waals surface area (Å²) in [6.45, 7) is 0. The van der Waals surface area contributed by atoms with E-state index >= 15 is 0 Å². The van der Waals surface area contributed by atoms with Gasteiger partial charge in [0.05, 0.1) is 12.3 Å². The molecular formula is C8H14N4O4. The second-order valence-corrected chi connectivity index (χ2v) is 3.31. The van der Waals surface area contributed by atoms with Crippen LogP contribution in [-0.4, -0.2) is 59.9 Å². The third-order valence-corrected chi connectivity index (χ3v) is 2.11. The fraction of sp³-hybridized carbons (Fsp3) is 0.625. The molecule has 0 saturated carbocycles. The van der Waals surface area contributed by atoms with Crippen molar-refractivity contribution in [3.63, 3.8) is 0 Å². The number of hydrogen-bond donors (Lipinski definition) is 5. The van der Waals surface area contributed by atoms with Crippen molar-refractivity contribution in [3.05, 3.63) is 12.4 Å². The molecule has 0 spiro atoms. The molecule has 0 aliphatic heterocycles. The molecule has 0 bridgehead atoms. The molecule has 1 heterocycles. The summed E-state index contributed by atoms with van der Waals surface area (Å²) in [7, 11) is 0. The lowest BCUT2D eigenvalue weighted by molar-refractivity contribution is -0.0647. The predicted octanol–water partition coefficient (Wildman–Crippen LogP) is -2.11. The minimum absolute atomic E-state index is 0.227. The van der Waals surface area contributed by atoms with E-state index in [1.807, 2.05) is 0 Å². The number of aliphatic hydroxyl groups is 4. The van der Waals surface area contributed by atoms with Crippen LogP contribution in [0.3, 0.4) is 0 Å².